The minimum absolute atomic E-state index is 0.0480. The first kappa shape index (κ1) is 13.9. The van der Waals surface area contributed by atoms with E-state index in [2.05, 4.69) is 6.58 Å². The van der Waals surface area contributed by atoms with Crippen LogP contribution in [-0.4, -0.2) is 17.4 Å². The summed E-state index contributed by atoms with van der Waals surface area (Å²) in [5.41, 5.74) is -0.701. The summed E-state index contributed by atoms with van der Waals surface area (Å²) in [6.07, 6.45) is 5.25. The molecule has 0 heterocycles. The van der Waals surface area contributed by atoms with E-state index < -0.39 is 11.6 Å². The maximum absolute atomic E-state index is 12.3. The molecular formula is C14H22O3. The quantitative estimate of drug-likeness (QED) is 0.558. The zero-order valence-corrected chi connectivity index (χ0v) is 11.0. The van der Waals surface area contributed by atoms with Crippen molar-refractivity contribution in [2.75, 3.05) is 0 Å². The van der Waals surface area contributed by atoms with Gasteiger partial charge in [0.15, 0.2) is 11.4 Å². The highest BCUT2D eigenvalue weighted by Gasteiger charge is 2.37. The van der Waals surface area contributed by atoms with Crippen molar-refractivity contribution in [1.29, 1.82) is 0 Å². The number of carbonyl (C=O) groups is 2. The molecule has 0 N–H and O–H groups in total. The third kappa shape index (κ3) is 3.69. The molecule has 17 heavy (non-hydrogen) atoms. The molecule has 0 aromatic carbocycles. The average molecular weight is 238 g/mol. The van der Waals surface area contributed by atoms with E-state index in [1.165, 1.54) is 6.42 Å². The van der Waals surface area contributed by atoms with Gasteiger partial charge in [0.2, 0.25) is 0 Å². The van der Waals surface area contributed by atoms with Crippen LogP contribution in [0.15, 0.2) is 12.2 Å². The van der Waals surface area contributed by atoms with Crippen LogP contribution in [-0.2, 0) is 14.3 Å². The molecule has 0 spiro atoms. The summed E-state index contributed by atoms with van der Waals surface area (Å²) in [4.78, 5) is 23.7. The van der Waals surface area contributed by atoms with Gasteiger partial charge in [-0.1, -0.05) is 25.8 Å². The first-order valence-electron chi connectivity index (χ1n) is 6.28. The van der Waals surface area contributed by atoms with Crippen molar-refractivity contribution in [2.45, 2.75) is 58.5 Å². The van der Waals surface area contributed by atoms with Crippen molar-refractivity contribution < 1.29 is 14.3 Å². The molecule has 1 fully saturated rings. The minimum Gasteiger partial charge on any atom is -0.448 e. The summed E-state index contributed by atoms with van der Waals surface area (Å²) in [6, 6.07) is 0. The lowest BCUT2D eigenvalue weighted by Gasteiger charge is -2.30. The van der Waals surface area contributed by atoms with Gasteiger partial charge in [-0.15, -0.1) is 0 Å². The van der Waals surface area contributed by atoms with E-state index in [1.807, 2.05) is 0 Å². The maximum Gasteiger partial charge on any atom is 0.334 e. The Morgan fingerprint density at radius 3 is 2.18 bits per heavy atom. The second kappa shape index (κ2) is 5.48. The van der Waals surface area contributed by atoms with Gasteiger partial charge in [0.25, 0.3) is 0 Å². The van der Waals surface area contributed by atoms with E-state index in [-0.39, 0.29) is 11.7 Å². The smallest absolute Gasteiger partial charge is 0.334 e. The predicted molar refractivity (Wildman–Crippen MR) is 66.6 cm³/mol. The van der Waals surface area contributed by atoms with E-state index in [1.54, 1.807) is 20.8 Å². The molecule has 0 atom stereocenters. The van der Waals surface area contributed by atoms with Crippen molar-refractivity contribution in [1.82, 2.24) is 0 Å². The summed E-state index contributed by atoms with van der Waals surface area (Å²) >= 11 is 0. The fraction of sp³-hybridized carbons (Fsp3) is 0.714. The lowest BCUT2D eigenvalue weighted by molar-refractivity contribution is -0.162. The Morgan fingerprint density at radius 1 is 1.18 bits per heavy atom. The Morgan fingerprint density at radius 2 is 1.71 bits per heavy atom. The SMILES string of the molecule is C=C(C)C(=O)OC(C)(C)C(=O)C1CCCCC1. The van der Waals surface area contributed by atoms with Crippen molar-refractivity contribution >= 4 is 11.8 Å². The number of ketones is 1. The zero-order valence-electron chi connectivity index (χ0n) is 11.0. The highest BCUT2D eigenvalue weighted by molar-refractivity contribution is 5.94. The van der Waals surface area contributed by atoms with E-state index in [4.69, 9.17) is 4.74 Å². The number of hydrogen-bond donors (Lipinski definition) is 0. The summed E-state index contributed by atoms with van der Waals surface area (Å²) in [5.74, 6) is -0.386. The highest BCUT2D eigenvalue weighted by atomic mass is 16.6. The first-order chi connectivity index (χ1) is 7.84. The van der Waals surface area contributed by atoms with Crippen LogP contribution in [0.5, 0.6) is 0 Å². The monoisotopic (exact) mass is 238 g/mol. The number of hydrogen-bond acceptors (Lipinski definition) is 3. The van der Waals surface area contributed by atoms with Crippen LogP contribution >= 0.6 is 0 Å². The molecule has 1 saturated carbocycles. The molecule has 0 aromatic heterocycles. The summed E-state index contributed by atoms with van der Waals surface area (Å²) in [5, 5.41) is 0. The molecular weight excluding hydrogens is 216 g/mol. The van der Waals surface area contributed by atoms with Gasteiger partial charge in [-0.05, 0) is 33.6 Å². The maximum atomic E-state index is 12.3. The number of esters is 1. The van der Waals surface area contributed by atoms with Gasteiger partial charge in [-0.25, -0.2) is 4.79 Å². The van der Waals surface area contributed by atoms with Crippen LogP contribution in [0.4, 0.5) is 0 Å². The van der Waals surface area contributed by atoms with Crippen LogP contribution < -0.4 is 0 Å². The van der Waals surface area contributed by atoms with Crippen molar-refractivity contribution in [3.05, 3.63) is 12.2 Å². The fourth-order valence-corrected chi connectivity index (χ4v) is 2.23. The van der Waals surface area contributed by atoms with Crippen molar-refractivity contribution in [2.24, 2.45) is 5.92 Å². The molecule has 0 aliphatic heterocycles. The van der Waals surface area contributed by atoms with E-state index in [0.717, 1.165) is 25.7 Å². The Hall–Kier alpha value is -1.12. The topological polar surface area (TPSA) is 43.4 Å². The molecule has 0 unspecified atom stereocenters. The van der Waals surface area contributed by atoms with E-state index >= 15 is 0 Å². The summed E-state index contributed by atoms with van der Waals surface area (Å²) < 4.78 is 5.23. The van der Waals surface area contributed by atoms with Crippen LogP contribution in [0.3, 0.4) is 0 Å². The number of rotatable bonds is 4. The normalized spacial score (nSPS) is 17.6. The molecule has 1 aliphatic rings. The van der Waals surface area contributed by atoms with Crippen LogP contribution in [0.25, 0.3) is 0 Å². The zero-order chi connectivity index (χ0) is 13.1. The lowest BCUT2D eigenvalue weighted by Crippen LogP contribution is -2.42. The summed E-state index contributed by atoms with van der Waals surface area (Å²) in [6.45, 7) is 8.45. The van der Waals surface area contributed by atoms with E-state index in [9.17, 15) is 9.59 Å². The Balaban J connectivity index is 2.64. The molecule has 1 aliphatic carbocycles. The predicted octanol–water partition coefficient (Wildman–Crippen LogP) is 3.03. The molecule has 0 saturated heterocycles. The largest absolute Gasteiger partial charge is 0.448 e. The Bertz CT molecular complexity index is 322. The van der Waals surface area contributed by atoms with E-state index in [0.29, 0.717) is 5.57 Å². The Labute approximate surface area is 103 Å². The van der Waals surface area contributed by atoms with Crippen molar-refractivity contribution in [3.63, 3.8) is 0 Å². The molecule has 96 valence electrons. The number of Topliss-reactive ketones (excluding diaryl/α,β-unsaturated/α-hetero) is 1. The number of carbonyl (C=O) groups excluding carboxylic acids is 2. The van der Waals surface area contributed by atoms with Crippen LogP contribution in [0, 0.1) is 5.92 Å². The minimum atomic E-state index is -1.03. The van der Waals surface area contributed by atoms with Gasteiger partial charge < -0.3 is 4.74 Å². The van der Waals surface area contributed by atoms with Gasteiger partial charge in [0.05, 0.1) is 0 Å². The third-order valence-electron chi connectivity index (χ3n) is 3.27. The second-order valence-corrected chi connectivity index (χ2v) is 5.38. The molecule has 0 aromatic rings. The fourth-order valence-electron chi connectivity index (χ4n) is 2.23. The molecule has 0 bridgehead atoms. The molecule has 1 rings (SSSR count). The van der Waals surface area contributed by atoms with Gasteiger partial charge in [0, 0.05) is 11.5 Å². The lowest BCUT2D eigenvalue weighted by atomic mass is 9.81. The van der Waals surface area contributed by atoms with Gasteiger partial charge in [-0.3, -0.25) is 4.79 Å². The van der Waals surface area contributed by atoms with Crippen molar-refractivity contribution in [3.8, 4) is 0 Å². The average Bonchev–Trinajstić information content (AvgIpc) is 2.28. The standard InChI is InChI=1S/C14H22O3/c1-10(2)13(16)17-14(3,4)12(15)11-8-6-5-7-9-11/h11H,1,5-9H2,2-4H3. The molecule has 3 heteroatoms. The van der Waals surface area contributed by atoms with Gasteiger partial charge in [-0.2, -0.15) is 0 Å². The molecule has 0 amide bonds. The first-order valence-corrected chi connectivity index (χ1v) is 6.28. The molecule has 3 nitrogen and oxygen atoms in total. The number of ether oxygens (including phenoxy) is 1. The van der Waals surface area contributed by atoms with Gasteiger partial charge in [0.1, 0.15) is 0 Å². The highest BCUT2D eigenvalue weighted by Crippen LogP contribution is 2.29. The Kier molecular flexibility index (Phi) is 4.49. The van der Waals surface area contributed by atoms with Crippen LogP contribution in [0.2, 0.25) is 0 Å². The summed E-state index contributed by atoms with van der Waals surface area (Å²) in [7, 11) is 0. The van der Waals surface area contributed by atoms with Gasteiger partial charge >= 0.3 is 5.97 Å². The molecule has 0 radical (unpaired) electrons. The second-order valence-electron chi connectivity index (χ2n) is 5.38. The third-order valence-corrected chi connectivity index (χ3v) is 3.27. The van der Waals surface area contributed by atoms with Crippen LogP contribution in [0.1, 0.15) is 52.9 Å².